The topological polar surface area (TPSA) is 273 Å². The molecule has 0 radical (unpaired) electrons. The second kappa shape index (κ2) is 33.7. The molecule has 4 amide bonds. The van der Waals surface area contributed by atoms with Gasteiger partial charge < -0.3 is 66.7 Å². The highest BCUT2D eigenvalue weighted by atomic mass is 16.7. The van der Waals surface area contributed by atoms with Crippen molar-refractivity contribution in [3.63, 3.8) is 0 Å². The van der Waals surface area contributed by atoms with E-state index in [0.717, 1.165) is 63.0 Å². The standard InChI is InChI=1S/C43H58N4O6.C42H57N5O6/c1-26-35-21-32(43(35,3)4)22-36(26)45-42(51)39-38(27(2)49)37(25-48)53-47(39)23-31-17-12-18-34(40(31)52-7)29-15-11-16-30(20-29)41(50)44-33(24-46(5)6)19-28-13-9-8-10-14-28;1-24-33-20-30(42(33,3)4)21-35(24)45-41(51)38-37(25(2)49)36(23-48)53-47(38)22-27-12-10-13-32(39(27)52-7)28-17-29(19-31(18-28)46(5)6)40(50)44-16-15-26-11-8-9-14-34(26)43/h8-18,20,26-27,32-33,35-39,48-49H,19,21-25H2,1-7H3,(H,44,50)(H,45,51);8-14,17-19,24-25,30,33,35-38,48-49H,15-16,20-23,43H2,1-7H3,(H,44,50)(H,45,51)/t26-,27-,32+,33+,35-,36-,37-,38+,39-;24-,25-,30+,33-,35-,36-,37+,38-/m00/s1. The largest absolute Gasteiger partial charge is 0.496 e. The molecule has 8 fully saturated rings. The number of ether oxygens (including phenoxy) is 2. The number of nitrogens with one attached hydrogen (secondary N) is 4. The van der Waals surface area contributed by atoms with Gasteiger partial charge in [0.2, 0.25) is 11.8 Å². The zero-order valence-electron chi connectivity index (χ0n) is 64.4. The number of nitrogen functional groups attached to an aromatic ring is 1. The number of fused-ring (bicyclic) bond motifs is 4. The fraction of sp³-hybridized carbons (Fsp3) is 0.529. The summed E-state index contributed by atoms with van der Waals surface area (Å²) >= 11 is 0. The first kappa shape index (κ1) is 79.1. The first-order chi connectivity index (χ1) is 50.6. The Hall–Kier alpha value is -7.96. The molecule has 8 aliphatic rings. The summed E-state index contributed by atoms with van der Waals surface area (Å²) in [6.45, 7) is 17.9. The van der Waals surface area contributed by atoms with Crippen LogP contribution in [0.5, 0.6) is 11.5 Å². The molecule has 10 N–H and O–H groups in total. The Balaban J connectivity index is 0.000000212. The van der Waals surface area contributed by atoms with Gasteiger partial charge in [-0.05, 0) is 171 Å². The van der Waals surface area contributed by atoms with E-state index in [9.17, 15) is 39.6 Å². The van der Waals surface area contributed by atoms with Crippen LogP contribution in [0.1, 0.15) is 124 Å². The lowest BCUT2D eigenvalue weighted by Crippen LogP contribution is -2.62. The molecule has 0 unspecified atom stereocenters. The summed E-state index contributed by atoms with van der Waals surface area (Å²) in [4.78, 5) is 72.1. The molecule has 6 aromatic carbocycles. The predicted octanol–water partition coefficient (Wildman–Crippen LogP) is 9.57. The molecule has 6 aliphatic carbocycles. The van der Waals surface area contributed by atoms with Gasteiger partial charge in [-0.3, -0.25) is 28.9 Å². The number of carbonyl (C=O) groups is 4. The van der Waals surface area contributed by atoms with E-state index in [1.807, 2.05) is 154 Å². The molecule has 21 heteroatoms. The first-order valence-electron chi connectivity index (χ1n) is 38.0. The van der Waals surface area contributed by atoms with Gasteiger partial charge in [-0.2, -0.15) is 10.1 Å². The van der Waals surface area contributed by atoms with Crippen molar-refractivity contribution >= 4 is 35.0 Å². The van der Waals surface area contributed by atoms with Gasteiger partial charge in [0.15, 0.2) is 0 Å². The van der Waals surface area contributed by atoms with Crippen LogP contribution in [0.3, 0.4) is 0 Å². The molecule has 0 aromatic heterocycles. The van der Waals surface area contributed by atoms with Crippen molar-refractivity contribution in [1.29, 1.82) is 0 Å². The summed E-state index contributed by atoms with van der Waals surface area (Å²) in [6, 6.07) is 40.9. The molecule has 2 heterocycles. The second-order valence-corrected chi connectivity index (χ2v) is 32.5. The molecule has 17 atom stereocenters. The zero-order valence-corrected chi connectivity index (χ0v) is 64.4. The lowest BCUT2D eigenvalue weighted by Gasteiger charge is -2.62. The number of benzene rings is 6. The Morgan fingerprint density at radius 3 is 1.57 bits per heavy atom. The number of aliphatic hydroxyl groups is 4. The first-order valence-corrected chi connectivity index (χ1v) is 38.0. The van der Waals surface area contributed by atoms with Gasteiger partial charge in [-0.1, -0.05) is 139 Å². The van der Waals surface area contributed by atoms with Crippen LogP contribution in [0.4, 0.5) is 11.4 Å². The number of hydrogen-bond donors (Lipinski definition) is 9. The van der Waals surface area contributed by atoms with Crippen molar-refractivity contribution in [3.8, 4) is 33.8 Å². The fourth-order valence-electron chi connectivity index (χ4n) is 18.6. The van der Waals surface area contributed by atoms with Crippen LogP contribution in [0.15, 0.2) is 133 Å². The maximum Gasteiger partial charge on any atom is 0.251 e. The number of carbonyl (C=O) groups excluding carboxylic acids is 4. The molecule has 4 bridgehead atoms. The summed E-state index contributed by atoms with van der Waals surface area (Å²) in [5.74, 6) is 2.05. The second-order valence-electron chi connectivity index (χ2n) is 32.5. The van der Waals surface area contributed by atoms with Crippen LogP contribution >= 0.6 is 0 Å². The summed E-state index contributed by atoms with van der Waals surface area (Å²) in [5.41, 5.74) is 16.1. The number of methoxy groups -OCH3 is 2. The summed E-state index contributed by atoms with van der Waals surface area (Å²) in [5, 5.41) is 58.7. The molecule has 106 heavy (non-hydrogen) atoms. The minimum atomic E-state index is -0.902. The van der Waals surface area contributed by atoms with Crippen molar-refractivity contribution in [2.75, 3.05) is 79.3 Å². The number of nitrogens with zero attached hydrogens (tertiary/aromatic N) is 4. The number of anilines is 2. The van der Waals surface area contributed by atoms with Crippen molar-refractivity contribution in [3.05, 3.63) is 167 Å². The van der Waals surface area contributed by atoms with Crippen molar-refractivity contribution in [1.82, 2.24) is 36.3 Å². The van der Waals surface area contributed by atoms with Crippen molar-refractivity contribution in [2.45, 2.75) is 162 Å². The third-order valence-corrected chi connectivity index (χ3v) is 24.8. The minimum absolute atomic E-state index is 0.0358. The van der Waals surface area contributed by atoms with Gasteiger partial charge >= 0.3 is 0 Å². The van der Waals surface area contributed by atoms with Gasteiger partial charge in [0.25, 0.3) is 11.8 Å². The lowest BCUT2D eigenvalue weighted by atomic mass is 9.45. The SMILES string of the molecule is COc1c(CN2O[C@@H](CO)[C@@H]([C@H](C)O)[C@H]2C(=O)N[C@H]2C[C@H]3C[C@@H]([C@@H]2C)C3(C)C)cccc1-c1cc(C(=O)NCCc2ccccc2N)cc(N(C)C)c1.COc1c(CN2O[C@@H](CO)[C@@H]([C@H](C)O)[C@H]2C(=O)N[C@H]2C[C@H]3C[C@@H]([C@@H]2C)C3(C)C)cccc1-c1cccc(C(=O)N[C@H](Cc2ccccc2)CN(C)C)c1. The number of para-hydroxylation sites is 3. The van der Waals surface area contributed by atoms with E-state index < -0.39 is 48.3 Å². The van der Waals surface area contributed by atoms with Gasteiger partial charge in [-0.25, -0.2) is 0 Å². The number of aliphatic hydroxyl groups excluding tert-OH is 4. The quantitative estimate of drug-likeness (QED) is 0.0217. The van der Waals surface area contributed by atoms with Crippen LogP contribution in [-0.4, -0.2) is 182 Å². The summed E-state index contributed by atoms with van der Waals surface area (Å²) in [7, 11) is 11.1. The van der Waals surface area contributed by atoms with Gasteiger partial charge in [-0.15, -0.1) is 0 Å². The number of likely N-dealkylation sites (N-methyl/N-ethyl adjacent to an activating group) is 1. The Bertz CT molecular complexity index is 4040. The maximum atomic E-state index is 14.2. The molecule has 6 saturated carbocycles. The zero-order chi connectivity index (χ0) is 76.2. The third kappa shape index (κ3) is 16.8. The van der Waals surface area contributed by atoms with Gasteiger partial charge in [0, 0.05) is 102 Å². The fourth-order valence-corrected chi connectivity index (χ4v) is 18.6. The Labute approximate surface area is 626 Å². The maximum absolute atomic E-state index is 14.2. The van der Waals surface area contributed by atoms with Crippen LogP contribution in [0.2, 0.25) is 0 Å². The van der Waals surface area contributed by atoms with Gasteiger partial charge in [0.1, 0.15) is 35.8 Å². The molecule has 21 nitrogen and oxygen atoms in total. The minimum Gasteiger partial charge on any atom is -0.496 e. The van der Waals surface area contributed by atoms with E-state index >= 15 is 0 Å². The van der Waals surface area contributed by atoms with Crippen molar-refractivity contribution < 1.29 is 58.8 Å². The van der Waals surface area contributed by atoms with E-state index in [-0.39, 0.29) is 78.9 Å². The van der Waals surface area contributed by atoms with E-state index in [1.54, 1.807) is 38.2 Å². The van der Waals surface area contributed by atoms with Crippen LogP contribution < -0.4 is 41.4 Å². The van der Waals surface area contributed by atoms with E-state index in [0.29, 0.717) is 89.8 Å². The number of amides is 4. The molecule has 6 aromatic rings. The van der Waals surface area contributed by atoms with Crippen LogP contribution in [0, 0.1) is 58.2 Å². The smallest absolute Gasteiger partial charge is 0.251 e. The molecule has 0 spiro atoms. The summed E-state index contributed by atoms with van der Waals surface area (Å²) < 4.78 is 12.1. The highest BCUT2D eigenvalue weighted by Gasteiger charge is 2.59. The van der Waals surface area contributed by atoms with E-state index in [1.165, 1.54) is 12.8 Å². The summed E-state index contributed by atoms with van der Waals surface area (Å²) in [6.07, 6.45) is 2.29. The highest BCUT2D eigenvalue weighted by Crippen LogP contribution is 2.62. The normalized spacial score (nSPS) is 27.1. The molecular formula is C85H115N9O12. The van der Waals surface area contributed by atoms with Crippen molar-refractivity contribution in [2.24, 2.45) is 58.2 Å². The van der Waals surface area contributed by atoms with Crippen LogP contribution in [-0.2, 0) is 45.2 Å². The van der Waals surface area contributed by atoms with E-state index in [2.05, 4.69) is 79.8 Å². The lowest BCUT2D eigenvalue weighted by molar-refractivity contribution is -0.183. The molecule has 572 valence electrons. The average molecular weight is 1450 g/mol. The average Bonchev–Trinajstić information content (AvgIpc) is 0.872. The Morgan fingerprint density at radius 2 is 1.09 bits per heavy atom. The molecule has 2 aliphatic heterocycles. The van der Waals surface area contributed by atoms with Crippen LogP contribution in [0.25, 0.3) is 22.3 Å². The number of hydrogen-bond acceptors (Lipinski definition) is 17. The molecule has 2 saturated heterocycles. The molecule has 14 rings (SSSR count). The third-order valence-electron chi connectivity index (χ3n) is 24.8. The van der Waals surface area contributed by atoms with E-state index in [4.69, 9.17) is 24.9 Å². The van der Waals surface area contributed by atoms with Gasteiger partial charge in [0.05, 0.1) is 52.7 Å². The monoisotopic (exact) mass is 1450 g/mol. The number of hydroxylamine groups is 4. The predicted molar refractivity (Wildman–Crippen MR) is 413 cm³/mol. The Kier molecular flexibility index (Phi) is 25.1. The Morgan fingerprint density at radius 1 is 0.604 bits per heavy atom. The number of nitrogens with two attached hydrogens (primary N) is 1. The number of rotatable bonds is 27. The highest BCUT2D eigenvalue weighted by molar-refractivity contribution is 5.98. The molecular weight excluding hydrogens is 1340 g/mol.